The van der Waals surface area contributed by atoms with E-state index >= 15 is 0 Å². The van der Waals surface area contributed by atoms with Gasteiger partial charge in [0.1, 0.15) is 6.54 Å². The van der Waals surface area contributed by atoms with Crippen LogP contribution < -0.4 is 0 Å². The standard InChI is InChI=1S/C26H26Cl2N2O2S/c1-17(2)15-29(26(32)18-6-4-3-5-7-18)16-24(31)30-12-10-23-21(11-13-33-23)25(30)20-9-8-19(27)14-22(20)28/h3-9,11,13-14,17,25H,10,12,15-16H2,1-2H3. The summed E-state index contributed by atoms with van der Waals surface area (Å²) in [5.41, 5.74) is 2.52. The fourth-order valence-electron chi connectivity index (χ4n) is 4.32. The summed E-state index contributed by atoms with van der Waals surface area (Å²) in [6.07, 6.45) is 0.789. The smallest absolute Gasteiger partial charge is 0.254 e. The molecular weight excluding hydrogens is 475 g/mol. The topological polar surface area (TPSA) is 40.6 Å². The fourth-order valence-corrected chi connectivity index (χ4v) is 5.74. The molecular formula is C26H26Cl2N2O2S. The van der Waals surface area contributed by atoms with E-state index in [2.05, 4.69) is 11.4 Å². The molecule has 0 saturated carbocycles. The average Bonchev–Trinajstić information content (AvgIpc) is 3.27. The van der Waals surface area contributed by atoms with E-state index in [9.17, 15) is 9.59 Å². The van der Waals surface area contributed by atoms with Crippen LogP contribution in [0.3, 0.4) is 0 Å². The average molecular weight is 501 g/mol. The van der Waals surface area contributed by atoms with Gasteiger partial charge in [-0.15, -0.1) is 11.3 Å². The highest BCUT2D eigenvalue weighted by molar-refractivity contribution is 7.10. The first-order valence-electron chi connectivity index (χ1n) is 11.0. The van der Waals surface area contributed by atoms with Crippen LogP contribution in [0.4, 0.5) is 0 Å². The van der Waals surface area contributed by atoms with Gasteiger partial charge in [0.15, 0.2) is 0 Å². The summed E-state index contributed by atoms with van der Waals surface area (Å²) in [5.74, 6) is 0.0107. The molecule has 0 saturated heterocycles. The number of carbonyl (C=O) groups is 2. The number of nitrogens with zero attached hydrogens (tertiary/aromatic N) is 2. The van der Waals surface area contributed by atoms with Crippen LogP contribution in [0.1, 0.15) is 46.3 Å². The van der Waals surface area contributed by atoms with Gasteiger partial charge < -0.3 is 9.80 Å². The van der Waals surface area contributed by atoms with E-state index in [1.54, 1.807) is 40.5 Å². The van der Waals surface area contributed by atoms with Crippen molar-refractivity contribution in [3.8, 4) is 0 Å². The van der Waals surface area contributed by atoms with E-state index in [1.807, 2.05) is 43.0 Å². The van der Waals surface area contributed by atoms with Crippen molar-refractivity contribution < 1.29 is 9.59 Å². The molecule has 7 heteroatoms. The number of fused-ring (bicyclic) bond motifs is 1. The minimum atomic E-state index is -0.301. The van der Waals surface area contributed by atoms with Crippen LogP contribution in [-0.2, 0) is 11.2 Å². The zero-order valence-electron chi connectivity index (χ0n) is 18.6. The number of hydrogen-bond acceptors (Lipinski definition) is 3. The second-order valence-electron chi connectivity index (χ2n) is 8.65. The summed E-state index contributed by atoms with van der Waals surface area (Å²) in [5, 5.41) is 3.14. The molecule has 1 aliphatic heterocycles. The van der Waals surface area contributed by atoms with Gasteiger partial charge in [0.2, 0.25) is 5.91 Å². The molecule has 3 aromatic rings. The van der Waals surface area contributed by atoms with E-state index in [0.29, 0.717) is 28.7 Å². The highest BCUT2D eigenvalue weighted by atomic mass is 35.5. The van der Waals surface area contributed by atoms with Crippen LogP contribution >= 0.6 is 34.5 Å². The number of thiophene rings is 1. The first-order valence-corrected chi connectivity index (χ1v) is 12.6. The second-order valence-corrected chi connectivity index (χ2v) is 10.5. The summed E-state index contributed by atoms with van der Waals surface area (Å²) in [7, 11) is 0. The Balaban J connectivity index is 1.65. The molecule has 0 aliphatic carbocycles. The van der Waals surface area contributed by atoms with Gasteiger partial charge in [-0.05, 0) is 59.2 Å². The van der Waals surface area contributed by atoms with Gasteiger partial charge in [-0.25, -0.2) is 0 Å². The van der Waals surface area contributed by atoms with E-state index < -0.39 is 0 Å². The quantitative estimate of drug-likeness (QED) is 0.396. The number of halogens is 2. The van der Waals surface area contributed by atoms with E-state index in [-0.39, 0.29) is 30.3 Å². The molecule has 172 valence electrons. The van der Waals surface area contributed by atoms with Crippen LogP contribution in [0.2, 0.25) is 10.0 Å². The van der Waals surface area contributed by atoms with Crippen molar-refractivity contribution in [3.05, 3.63) is 91.6 Å². The molecule has 4 nitrogen and oxygen atoms in total. The van der Waals surface area contributed by atoms with Crippen molar-refractivity contribution in [1.82, 2.24) is 9.80 Å². The van der Waals surface area contributed by atoms with Gasteiger partial charge in [0.25, 0.3) is 5.91 Å². The number of hydrogen-bond donors (Lipinski definition) is 0. The van der Waals surface area contributed by atoms with E-state index in [4.69, 9.17) is 23.2 Å². The van der Waals surface area contributed by atoms with Gasteiger partial charge in [0.05, 0.1) is 6.04 Å². The highest BCUT2D eigenvalue weighted by Crippen LogP contribution is 2.41. The first-order chi connectivity index (χ1) is 15.8. The third-order valence-electron chi connectivity index (χ3n) is 5.76. The lowest BCUT2D eigenvalue weighted by molar-refractivity contribution is -0.134. The lowest BCUT2D eigenvalue weighted by Crippen LogP contribution is -2.47. The molecule has 1 aromatic heterocycles. The largest absolute Gasteiger partial charge is 0.330 e. The number of amides is 2. The molecule has 2 heterocycles. The van der Waals surface area contributed by atoms with Crippen LogP contribution in [0, 0.1) is 5.92 Å². The monoisotopic (exact) mass is 500 g/mol. The van der Waals surface area contributed by atoms with Gasteiger partial charge in [0, 0.05) is 33.6 Å². The van der Waals surface area contributed by atoms with Crippen molar-refractivity contribution in [3.63, 3.8) is 0 Å². The highest BCUT2D eigenvalue weighted by Gasteiger charge is 2.35. The van der Waals surface area contributed by atoms with Gasteiger partial charge in [-0.2, -0.15) is 0 Å². The van der Waals surface area contributed by atoms with Crippen LogP contribution in [-0.4, -0.2) is 41.2 Å². The van der Waals surface area contributed by atoms with Crippen molar-refractivity contribution in [2.24, 2.45) is 5.92 Å². The van der Waals surface area contributed by atoms with Crippen molar-refractivity contribution in [1.29, 1.82) is 0 Å². The Bertz CT molecular complexity index is 1150. The van der Waals surface area contributed by atoms with E-state index in [0.717, 1.165) is 17.5 Å². The Hall–Kier alpha value is -2.34. The first kappa shape index (κ1) is 23.8. The fraction of sp³-hybridized carbons (Fsp3) is 0.308. The Kier molecular flexibility index (Phi) is 7.42. The van der Waals surface area contributed by atoms with Crippen LogP contribution in [0.15, 0.2) is 60.0 Å². The third kappa shape index (κ3) is 5.26. The molecule has 2 amide bonds. The summed E-state index contributed by atoms with van der Waals surface area (Å²) < 4.78 is 0. The minimum Gasteiger partial charge on any atom is -0.330 e. The maximum Gasteiger partial charge on any atom is 0.254 e. The zero-order chi connectivity index (χ0) is 23.5. The van der Waals surface area contributed by atoms with Crippen molar-refractivity contribution >= 4 is 46.4 Å². The summed E-state index contributed by atoms with van der Waals surface area (Å²) >= 11 is 14.4. The van der Waals surface area contributed by atoms with Crippen LogP contribution in [0.5, 0.6) is 0 Å². The normalized spacial score (nSPS) is 15.4. The van der Waals surface area contributed by atoms with Gasteiger partial charge in [-0.1, -0.05) is 61.3 Å². The molecule has 1 atom stereocenters. The lowest BCUT2D eigenvalue weighted by Gasteiger charge is -2.38. The van der Waals surface area contributed by atoms with Crippen molar-refractivity contribution in [2.45, 2.75) is 26.3 Å². The Morgan fingerprint density at radius 3 is 2.55 bits per heavy atom. The molecule has 1 aliphatic rings. The summed E-state index contributed by atoms with van der Waals surface area (Å²) in [4.78, 5) is 31.7. The Morgan fingerprint density at radius 2 is 1.85 bits per heavy atom. The molecule has 4 rings (SSSR count). The minimum absolute atomic E-state index is 0.0209. The Morgan fingerprint density at radius 1 is 1.09 bits per heavy atom. The maximum atomic E-state index is 13.7. The van der Waals surface area contributed by atoms with Crippen molar-refractivity contribution in [2.75, 3.05) is 19.6 Å². The molecule has 0 fully saturated rings. The summed E-state index contributed by atoms with van der Waals surface area (Å²) in [6, 6.07) is 16.3. The van der Waals surface area contributed by atoms with Gasteiger partial charge in [-0.3, -0.25) is 9.59 Å². The number of benzene rings is 2. The second kappa shape index (κ2) is 10.3. The number of carbonyl (C=O) groups excluding carboxylic acids is 2. The predicted octanol–water partition coefficient (Wildman–Crippen LogP) is 6.33. The Labute approximate surface area is 208 Å². The third-order valence-corrected chi connectivity index (χ3v) is 7.32. The number of rotatable bonds is 6. The molecule has 1 unspecified atom stereocenters. The zero-order valence-corrected chi connectivity index (χ0v) is 21.0. The van der Waals surface area contributed by atoms with Gasteiger partial charge >= 0.3 is 0 Å². The SMILES string of the molecule is CC(C)CN(CC(=O)N1CCc2sccc2C1c1ccc(Cl)cc1Cl)C(=O)c1ccccc1. The molecule has 0 N–H and O–H groups in total. The lowest BCUT2D eigenvalue weighted by atomic mass is 9.93. The molecule has 0 bridgehead atoms. The molecule has 0 radical (unpaired) electrons. The van der Waals surface area contributed by atoms with E-state index in [1.165, 1.54) is 4.88 Å². The molecule has 0 spiro atoms. The molecule has 2 aromatic carbocycles. The maximum absolute atomic E-state index is 13.7. The molecule has 33 heavy (non-hydrogen) atoms. The van der Waals surface area contributed by atoms with Crippen LogP contribution in [0.25, 0.3) is 0 Å². The summed E-state index contributed by atoms with van der Waals surface area (Å²) in [6.45, 7) is 5.19. The predicted molar refractivity (Wildman–Crippen MR) is 135 cm³/mol.